The molecule has 124 valence electrons. The molecule has 2 aromatic rings. The van der Waals surface area contributed by atoms with Gasteiger partial charge in [-0.25, -0.2) is 0 Å². The van der Waals surface area contributed by atoms with E-state index in [-0.39, 0.29) is 11.1 Å². The summed E-state index contributed by atoms with van der Waals surface area (Å²) in [6.07, 6.45) is 7.25. The first-order valence-electron chi connectivity index (χ1n) is 7.95. The Balaban J connectivity index is 2.08. The van der Waals surface area contributed by atoms with E-state index in [1.807, 2.05) is 12.1 Å². The van der Waals surface area contributed by atoms with Gasteiger partial charge in [0.2, 0.25) is 0 Å². The Hall–Kier alpha value is -0.793. The van der Waals surface area contributed by atoms with Crippen LogP contribution in [-0.4, -0.2) is 14.4 Å². The SMILES string of the molecule is C#C[C@@H](CCc1sc2ccccc2c1Cl)O[Si](C)(C)C(C)(C)C. The van der Waals surface area contributed by atoms with Crippen molar-refractivity contribution in [3.63, 3.8) is 0 Å². The highest BCUT2D eigenvalue weighted by Gasteiger charge is 2.38. The van der Waals surface area contributed by atoms with Crippen LogP contribution in [0.3, 0.4) is 0 Å². The van der Waals surface area contributed by atoms with Crippen LogP contribution in [0.15, 0.2) is 24.3 Å². The lowest BCUT2D eigenvalue weighted by Gasteiger charge is -2.38. The summed E-state index contributed by atoms with van der Waals surface area (Å²) >= 11 is 8.27. The quantitative estimate of drug-likeness (QED) is 0.434. The van der Waals surface area contributed by atoms with E-state index in [4.69, 9.17) is 22.5 Å². The molecule has 0 N–H and O–H groups in total. The molecule has 23 heavy (non-hydrogen) atoms. The number of thiophene rings is 1. The van der Waals surface area contributed by atoms with Gasteiger partial charge in [0.05, 0.1) is 5.02 Å². The van der Waals surface area contributed by atoms with Crippen LogP contribution in [-0.2, 0) is 10.8 Å². The second-order valence-electron chi connectivity index (χ2n) is 7.41. The number of fused-ring (bicyclic) bond motifs is 1. The Morgan fingerprint density at radius 2 is 1.96 bits per heavy atom. The molecule has 0 saturated heterocycles. The van der Waals surface area contributed by atoms with E-state index in [9.17, 15) is 0 Å². The van der Waals surface area contributed by atoms with Crippen LogP contribution < -0.4 is 0 Å². The van der Waals surface area contributed by atoms with Gasteiger partial charge in [-0.2, -0.15) is 0 Å². The van der Waals surface area contributed by atoms with E-state index in [1.165, 1.54) is 9.58 Å². The predicted molar refractivity (Wildman–Crippen MR) is 106 cm³/mol. The molecule has 4 heteroatoms. The summed E-state index contributed by atoms with van der Waals surface area (Å²) in [5.74, 6) is 2.83. The van der Waals surface area contributed by atoms with Gasteiger partial charge < -0.3 is 4.43 Å². The number of hydrogen-bond acceptors (Lipinski definition) is 2. The minimum absolute atomic E-state index is 0.142. The van der Waals surface area contributed by atoms with Gasteiger partial charge in [-0.3, -0.25) is 0 Å². The molecule has 1 aromatic carbocycles. The van der Waals surface area contributed by atoms with Gasteiger partial charge in [0.1, 0.15) is 6.10 Å². The highest BCUT2D eigenvalue weighted by Crippen LogP contribution is 2.39. The number of benzene rings is 1. The van der Waals surface area contributed by atoms with Crippen molar-refractivity contribution in [2.75, 3.05) is 0 Å². The number of aryl methyl sites for hydroxylation is 1. The molecule has 0 fully saturated rings. The zero-order chi connectivity index (χ0) is 17.3. The average Bonchev–Trinajstić information content (AvgIpc) is 2.79. The van der Waals surface area contributed by atoms with E-state index in [1.54, 1.807) is 11.3 Å². The van der Waals surface area contributed by atoms with Crippen molar-refractivity contribution in [2.24, 2.45) is 0 Å². The summed E-state index contributed by atoms with van der Waals surface area (Å²) in [5.41, 5.74) is 0. The van der Waals surface area contributed by atoms with E-state index < -0.39 is 8.32 Å². The van der Waals surface area contributed by atoms with Gasteiger partial charge in [0, 0.05) is 15.0 Å². The highest BCUT2D eigenvalue weighted by atomic mass is 35.5. The molecule has 0 aliphatic rings. The Morgan fingerprint density at radius 3 is 2.52 bits per heavy atom. The van der Waals surface area contributed by atoms with Gasteiger partial charge in [0.25, 0.3) is 0 Å². The van der Waals surface area contributed by atoms with Crippen LogP contribution in [0.4, 0.5) is 0 Å². The Kier molecular flexibility index (Phi) is 5.63. The maximum absolute atomic E-state index is 6.52. The minimum Gasteiger partial charge on any atom is -0.403 e. The first-order valence-corrected chi connectivity index (χ1v) is 12.1. The molecule has 0 bridgehead atoms. The van der Waals surface area contributed by atoms with Gasteiger partial charge in [0.15, 0.2) is 8.32 Å². The third kappa shape index (κ3) is 4.19. The number of halogens is 1. The first-order chi connectivity index (χ1) is 10.7. The normalized spacial score (nSPS) is 14.0. The van der Waals surface area contributed by atoms with Crippen molar-refractivity contribution in [1.82, 2.24) is 0 Å². The molecule has 0 aliphatic heterocycles. The van der Waals surface area contributed by atoms with Crippen LogP contribution in [0.25, 0.3) is 10.1 Å². The van der Waals surface area contributed by atoms with Crippen molar-refractivity contribution in [3.05, 3.63) is 34.2 Å². The number of terminal acetylenes is 1. The van der Waals surface area contributed by atoms with Crippen LogP contribution in [0.5, 0.6) is 0 Å². The Morgan fingerprint density at radius 1 is 1.30 bits per heavy atom. The van der Waals surface area contributed by atoms with Crippen LogP contribution in [0, 0.1) is 12.3 Å². The molecule has 1 nitrogen and oxygen atoms in total. The lowest BCUT2D eigenvalue weighted by atomic mass is 10.1. The monoisotopic (exact) mass is 364 g/mol. The van der Waals surface area contributed by atoms with Crippen molar-refractivity contribution < 1.29 is 4.43 Å². The molecule has 1 aromatic heterocycles. The first kappa shape index (κ1) is 18.5. The fraction of sp³-hybridized carbons (Fsp3) is 0.474. The van der Waals surface area contributed by atoms with E-state index in [0.29, 0.717) is 0 Å². The second kappa shape index (κ2) is 6.99. The van der Waals surface area contributed by atoms with Gasteiger partial charge in [-0.15, -0.1) is 17.8 Å². The molecule has 0 radical (unpaired) electrons. The summed E-state index contributed by atoms with van der Waals surface area (Å²) in [7, 11) is -1.84. The molecule has 0 amide bonds. The highest BCUT2D eigenvalue weighted by molar-refractivity contribution is 7.19. The van der Waals surface area contributed by atoms with Crippen molar-refractivity contribution >= 4 is 41.3 Å². The zero-order valence-electron chi connectivity index (χ0n) is 14.6. The molecule has 1 heterocycles. The van der Waals surface area contributed by atoms with Gasteiger partial charge in [-0.05, 0) is 37.0 Å². The molecule has 0 spiro atoms. The van der Waals surface area contributed by atoms with Crippen molar-refractivity contribution in [1.29, 1.82) is 0 Å². The number of hydrogen-bond donors (Lipinski definition) is 0. The topological polar surface area (TPSA) is 9.23 Å². The zero-order valence-corrected chi connectivity index (χ0v) is 17.1. The van der Waals surface area contributed by atoms with E-state index in [2.05, 4.69) is 51.9 Å². The third-order valence-corrected chi connectivity index (χ3v) is 10.9. The van der Waals surface area contributed by atoms with E-state index >= 15 is 0 Å². The van der Waals surface area contributed by atoms with Crippen molar-refractivity contribution in [3.8, 4) is 12.3 Å². The van der Waals surface area contributed by atoms with Gasteiger partial charge >= 0.3 is 0 Å². The Labute approximate surface area is 150 Å². The minimum atomic E-state index is -1.84. The summed E-state index contributed by atoms with van der Waals surface area (Å²) in [6.45, 7) is 11.2. The van der Waals surface area contributed by atoms with Gasteiger partial charge in [-0.1, -0.05) is 56.5 Å². The molecule has 0 aliphatic carbocycles. The summed E-state index contributed by atoms with van der Waals surface area (Å²) in [5, 5.41) is 2.17. The fourth-order valence-corrected chi connectivity index (χ4v) is 4.99. The number of rotatable bonds is 5. The van der Waals surface area contributed by atoms with E-state index in [0.717, 1.165) is 23.3 Å². The third-order valence-electron chi connectivity index (χ3n) is 4.66. The van der Waals surface area contributed by atoms with Crippen molar-refractivity contribution in [2.45, 2.75) is 57.8 Å². The summed E-state index contributed by atoms with van der Waals surface area (Å²) in [4.78, 5) is 1.20. The second-order valence-corrected chi connectivity index (χ2v) is 13.7. The van der Waals surface area contributed by atoms with Crippen LogP contribution in [0.1, 0.15) is 32.1 Å². The molecular weight excluding hydrogens is 340 g/mol. The fourth-order valence-electron chi connectivity index (χ4n) is 2.20. The maximum Gasteiger partial charge on any atom is 0.193 e. The molecule has 0 saturated carbocycles. The lowest BCUT2D eigenvalue weighted by Crippen LogP contribution is -2.43. The summed E-state index contributed by atoms with van der Waals surface area (Å²) < 4.78 is 7.58. The maximum atomic E-state index is 6.52. The smallest absolute Gasteiger partial charge is 0.193 e. The molecule has 0 unspecified atom stereocenters. The summed E-state index contributed by atoms with van der Waals surface area (Å²) in [6, 6.07) is 8.25. The Bertz CT molecular complexity index is 721. The molecule has 1 atom stereocenters. The predicted octanol–water partition coefficient (Wildman–Crippen LogP) is 6.51. The van der Waals surface area contributed by atoms with Crippen LogP contribution >= 0.6 is 22.9 Å². The average molecular weight is 365 g/mol. The van der Waals surface area contributed by atoms with Crippen LogP contribution in [0.2, 0.25) is 23.2 Å². The molecule has 2 rings (SSSR count). The largest absolute Gasteiger partial charge is 0.403 e. The molecular formula is C19H25ClOSSi. The lowest BCUT2D eigenvalue weighted by molar-refractivity contribution is 0.224. The standard InChI is InChI=1S/C19H25ClOSSi/c1-7-14(21-23(5,6)19(2,3)4)12-13-17-18(20)15-10-8-9-11-16(15)22-17/h1,8-11,14H,12-13H2,2-6H3/t14-/m0/s1.